The van der Waals surface area contributed by atoms with Crippen LogP contribution in [0.3, 0.4) is 0 Å². The predicted molar refractivity (Wildman–Crippen MR) is 131 cm³/mol. The third kappa shape index (κ3) is 4.96. The van der Waals surface area contributed by atoms with Gasteiger partial charge in [0.05, 0.1) is 7.11 Å². The second kappa shape index (κ2) is 9.44. The molecule has 33 heavy (non-hydrogen) atoms. The van der Waals surface area contributed by atoms with Gasteiger partial charge in [0.25, 0.3) is 11.8 Å². The number of H-pyrrole nitrogens is 1. The van der Waals surface area contributed by atoms with E-state index < -0.39 is 5.91 Å². The zero-order valence-electron chi connectivity index (χ0n) is 18.7. The van der Waals surface area contributed by atoms with Crippen molar-refractivity contribution in [3.05, 3.63) is 101 Å². The van der Waals surface area contributed by atoms with E-state index >= 15 is 0 Å². The number of anilines is 1. The topological polar surface area (TPSA) is 83.2 Å². The van der Waals surface area contributed by atoms with Gasteiger partial charge in [-0.2, -0.15) is 0 Å². The van der Waals surface area contributed by atoms with Crippen LogP contribution in [-0.2, 0) is 4.79 Å². The van der Waals surface area contributed by atoms with Crippen LogP contribution in [0.5, 0.6) is 5.75 Å². The third-order valence-electron chi connectivity index (χ3n) is 5.38. The second-order valence-electron chi connectivity index (χ2n) is 7.81. The van der Waals surface area contributed by atoms with Crippen LogP contribution in [0.1, 0.15) is 27.0 Å². The van der Waals surface area contributed by atoms with Gasteiger partial charge in [-0.1, -0.05) is 35.9 Å². The summed E-state index contributed by atoms with van der Waals surface area (Å²) in [6.07, 6.45) is 3.46. The number of carbonyl (C=O) groups excluding carboxylic acids is 2. The Morgan fingerprint density at radius 3 is 2.48 bits per heavy atom. The number of hydrogen-bond acceptors (Lipinski definition) is 3. The summed E-state index contributed by atoms with van der Waals surface area (Å²) in [5, 5.41) is 6.58. The molecule has 166 valence electrons. The van der Waals surface area contributed by atoms with Gasteiger partial charge >= 0.3 is 0 Å². The number of methoxy groups -OCH3 is 1. The van der Waals surface area contributed by atoms with Gasteiger partial charge in [-0.15, -0.1) is 0 Å². The van der Waals surface area contributed by atoms with Gasteiger partial charge in [0.2, 0.25) is 0 Å². The van der Waals surface area contributed by atoms with Crippen molar-refractivity contribution in [3.8, 4) is 5.75 Å². The van der Waals surface area contributed by atoms with Crippen molar-refractivity contribution in [2.45, 2.75) is 13.8 Å². The maximum Gasteiger partial charge on any atom is 0.272 e. The molecule has 0 bridgehead atoms. The molecule has 0 unspecified atom stereocenters. The normalized spacial score (nSPS) is 11.3. The predicted octanol–water partition coefficient (Wildman–Crippen LogP) is 5.20. The molecule has 0 radical (unpaired) electrons. The van der Waals surface area contributed by atoms with Gasteiger partial charge in [-0.3, -0.25) is 9.59 Å². The summed E-state index contributed by atoms with van der Waals surface area (Å²) < 4.78 is 5.34. The number of rotatable bonds is 6. The Kier molecular flexibility index (Phi) is 6.26. The van der Waals surface area contributed by atoms with Crippen molar-refractivity contribution in [2.24, 2.45) is 0 Å². The van der Waals surface area contributed by atoms with Gasteiger partial charge in [0.15, 0.2) is 0 Å². The molecule has 0 saturated carbocycles. The highest BCUT2D eigenvalue weighted by Gasteiger charge is 2.17. The van der Waals surface area contributed by atoms with Crippen molar-refractivity contribution in [3.63, 3.8) is 0 Å². The lowest BCUT2D eigenvalue weighted by molar-refractivity contribution is -0.113. The Bertz CT molecular complexity index is 1350. The van der Waals surface area contributed by atoms with E-state index in [-0.39, 0.29) is 11.6 Å². The highest BCUT2D eigenvalue weighted by Crippen LogP contribution is 2.25. The van der Waals surface area contributed by atoms with E-state index in [0.717, 1.165) is 27.6 Å². The monoisotopic (exact) mass is 439 g/mol. The molecule has 0 saturated heterocycles. The Balaban J connectivity index is 1.72. The zero-order chi connectivity index (χ0) is 23.4. The summed E-state index contributed by atoms with van der Waals surface area (Å²) in [5.41, 5.74) is 4.97. The third-order valence-corrected chi connectivity index (χ3v) is 5.38. The van der Waals surface area contributed by atoms with E-state index in [4.69, 9.17) is 4.74 Å². The van der Waals surface area contributed by atoms with Crippen LogP contribution in [0, 0.1) is 13.8 Å². The van der Waals surface area contributed by atoms with Gasteiger partial charge in [-0.25, -0.2) is 0 Å². The highest BCUT2D eigenvalue weighted by atomic mass is 16.5. The molecule has 4 rings (SSSR count). The number of aromatic nitrogens is 1. The zero-order valence-corrected chi connectivity index (χ0v) is 18.7. The molecule has 3 aromatic carbocycles. The Morgan fingerprint density at radius 2 is 1.76 bits per heavy atom. The van der Waals surface area contributed by atoms with E-state index in [9.17, 15) is 9.59 Å². The molecule has 0 aliphatic rings. The van der Waals surface area contributed by atoms with Crippen LogP contribution in [0.25, 0.3) is 17.0 Å². The van der Waals surface area contributed by atoms with E-state index in [1.54, 1.807) is 43.6 Å². The molecule has 0 aliphatic heterocycles. The Morgan fingerprint density at radius 1 is 0.970 bits per heavy atom. The number of aromatic amines is 1. The Hall–Kier alpha value is -4.32. The first-order valence-corrected chi connectivity index (χ1v) is 10.6. The molecule has 6 heteroatoms. The van der Waals surface area contributed by atoms with Crippen LogP contribution in [-0.4, -0.2) is 23.9 Å². The molecule has 0 atom stereocenters. The molecular formula is C27H25N3O3. The van der Waals surface area contributed by atoms with E-state index in [2.05, 4.69) is 15.6 Å². The minimum absolute atomic E-state index is 0.132. The number of benzene rings is 3. The summed E-state index contributed by atoms with van der Waals surface area (Å²) in [6, 6.07) is 20.2. The summed E-state index contributed by atoms with van der Waals surface area (Å²) in [7, 11) is 1.60. The summed E-state index contributed by atoms with van der Waals surface area (Å²) in [4.78, 5) is 29.3. The minimum atomic E-state index is -0.413. The number of amides is 2. The first-order chi connectivity index (χ1) is 15.9. The maximum atomic E-state index is 13.3. The molecule has 4 aromatic rings. The van der Waals surface area contributed by atoms with Crippen LogP contribution >= 0.6 is 0 Å². The number of nitrogens with one attached hydrogen (secondary N) is 3. The van der Waals surface area contributed by atoms with E-state index in [0.29, 0.717) is 17.0 Å². The summed E-state index contributed by atoms with van der Waals surface area (Å²) >= 11 is 0. The lowest BCUT2D eigenvalue weighted by Gasteiger charge is -2.13. The molecule has 2 amide bonds. The van der Waals surface area contributed by atoms with E-state index in [1.165, 1.54) is 0 Å². The SMILES string of the molecule is COc1ccc2[nH]cc(/C=C(\NC(=O)c3ccccc3)C(=O)Nc3ccc(C)cc3C)c2c1. The lowest BCUT2D eigenvalue weighted by atomic mass is 10.1. The fourth-order valence-electron chi connectivity index (χ4n) is 3.61. The molecule has 1 aromatic heterocycles. The van der Waals surface area contributed by atoms with Crippen molar-refractivity contribution < 1.29 is 14.3 Å². The van der Waals surface area contributed by atoms with Gasteiger partial charge in [0.1, 0.15) is 11.4 Å². The first kappa shape index (κ1) is 21.9. The van der Waals surface area contributed by atoms with Crippen LogP contribution in [0.2, 0.25) is 0 Å². The molecule has 0 spiro atoms. The van der Waals surface area contributed by atoms with Gasteiger partial charge in [0, 0.05) is 33.9 Å². The van der Waals surface area contributed by atoms with Gasteiger partial charge in [-0.05, 0) is 61.9 Å². The van der Waals surface area contributed by atoms with E-state index in [1.807, 2.05) is 56.3 Å². The van der Waals surface area contributed by atoms with Crippen molar-refractivity contribution in [2.75, 3.05) is 12.4 Å². The standard InChI is InChI=1S/C27H25N3O3/c1-17-9-11-23(18(2)13-17)29-27(32)25(30-26(31)19-7-5-4-6-8-19)14-20-16-28-24-12-10-21(33-3)15-22(20)24/h4-16,28H,1-3H3,(H,29,32)(H,30,31)/b25-14-. The highest BCUT2D eigenvalue weighted by molar-refractivity contribution is 6.11. The number of hydrogen-bond donors (Lipinski definition) is 3. The summed E-state index contributed by atoms with van der Waals surface area (Å²) in [6.45, 7) is 3.93. The fourth-order valence-corrected chi connectivity index (χ4v) is 3.61. The molecule has 0 aliphatic carbocycles. The molecular weight excluding hydrogens is 414 g/mol. The smallest absolute Gasteiger partial charge is 0.272 e. The van der Waals surface area contributed by atoms with Crippen molar-refractivity contribution in [1.82, 2.24) is 10.3 Å². The van der Waals surface area contributed by atoms with Crippen molar-refractivity contribution >= 4 is 34.5 Å². The van der Waals surface area contributed by atoms with Crippen LogP contribution in [0.15, 0.2) is 78.6 Å². The fraction of sp³-hybridized carbons (Fsp3) is 0.111. The van der Waals surface area contributed by atoms with Crippen LogP contribution < -0.4 is 15.4 Å². The minimum Gasteiger partial charge on any atom is -0.497 e. The second-order valence-corrected chi connectivity index (χ2v) is 7.81. The average molecular weight is 440 g/mol. The Labute approximate surface area is 192 Å². The first-order valence-electron chi connectivity index (χ1n) is 10.6. The molecule has 6 nitrogen and oxygen atoms in total. The molecule has 3 N–H and O–H groups in total. The largest absolute Gasteiger partial charge is 0.497 e. The lowest BCUT2D eigenvalue weighted by Crippen LogP contribution is -2.30. The number of aryl methyl sites for hydroxylation is 2. The van der Waals surface area contributed by atoms with Crippen molar-refractivity contribution in [1.29, 1.82) is 0 Å². The van der Waals surface area contributed by atoms with Crippen LogP contribution in [0.4, 0.5) is 5.69 Å². The number of ether oxygens (including phenoxy) is 1. The quantitative estimate of drug-likeness (QED) is 0.361. The molecule has 1 heterocycles. The number of carbonyl (C=O) groups is 2. The summed E-state index contributed by atoms with van der Waals surface area (Å²) in [5.74, 6) is -0.0788. The number of fused-ring (bicyclic) bond motifs is 1. The maximum absolute atomic E-state index is 13.3. The van der Waals surface area contributed by atoms with Gasteiger partial charge < -0.3 is 20.4 Å². The average Bonchev–Trinajstić information content (AvgIpc) is 3.22. The molecule has 0 fully saturated rings.